The number of amides is 1. The maximum absolute atomic E-state index is 13.4. The minimum atomic E-state index is -0.556. The number of likely N-dealkylation sites (N-methyl/N-ethyl adjacent to an activating group) is 1. The van der Waals surface area contributed by atoms with E-state index in [0.717, 1.165) is 6.42 Å². The first-order chi connectivity index (χ1) is 9.54. The topological polar surface area (TPSA) is 46.6 Å². The van der Waals surface area contributed by atoms with Crippen LogP contribution in [0.15, 0.2) is 36.4 Å². The lowest BCUT2D eigenvalue weighted by Crippen LogP contribution is -2.30. The van der Waals surface area contributed by atoms with E-state index in [2.05, 4.69) is 0 Å². The van der Waals surface area contributed by atoms with Crippen LogP contribution in [0.25, 0.3) is 0 Å². The molecular weight excluding hydrogens is 261 g/mol. The van der Waals surface area contributed by atoms with Crippen LogP contribution >= 0.6 is 0 Å². The third-order valence-electron chi connectivity index (χ3n) is 2.62. The highest BCUT2D eigenvalue weighted by molar-refractivity contribution is 5.85. The summed E-state index contributed by atoms with van der Waals surface area (Å²) in [6.45, 7) is 1.67. The van der Waals surface area contributed by atoms with Gasteiger partial charge in [-0.2, -0.15) is 0 Å². The van der Waals surface area contributed by atoms with Crippen molar-refractivity contribution in [3.63, 3.8) is 0 Å². The molecule has 0 aromatic heterocycles. The molecule has 1 amide bonds. The predicted octanol–water partition coefficient (Wildman–Crippen LogP) is 2.29. The molecule has 0 heterocycles. The molecule has 0 N–H and O–H groups in total. The molecule has 0 bridgehead atoms. The minimum Gasteiger partial charge on any atom is -0.452 e. The molecule has 4 nitrogen and oxygen atoms in total. The first-order valence-corrected chi connectivity index (χ1v) is 6.35. The number of carbonyl (C=O) groups excluding carboxylic acids is 2. The molecule has 1 aromatic rings. The van der Waals surface area contributed by atoms with Gasteiger partial charge >= 0.3 is 5.97 Å². The highest BCUT2D eigenvalue weighted by Crippen LogP contribution is 2.08. The number of benzene rings is 1. The molecule has 5 heteroatoms. The minimum absolute atomic E-state index is 0.133. The monoisotopic (exact) mass is 279 g/mol. The van der Waals surface area contributed by atoms with Gasteiger partial charge in [-0.1, -0.05) is 31.2 Å². The maximum Gasteiger partial charge on any atom is 0.330 e. The standard InChI is InChI=1S/C15H18FNO3/c1-3-4-9-15(19)20-11-14(18)17(2)10-12-7-5-6-8-13(12)16/h4-9H,3,10-11H2,1-2H3/b9-4+. The first-order valence-electron chi connectivity index (χ1n) is 6.35. The second-order valence-corrected chi connectivity index (χ2v) is 4.26. The van der Waals surface area contributed by atoms with E-state index in [0.29, 0.717) is 5.56 Å². The number of carbonyl (C=O) groups is 2. The van der Waals surface area contributed by atoms with Crippen molar-refractivity contribution < 1.29 is 18.7 Å². The SMILES string of the molecule is CC/C=C/C(=O)OCC(=O)N(C)Cc1ccccc1F. The summed E-state index contributed by atoms with van der Waals surface area (Å²) in [6.07, 6.45) is 3.65. The fraction of sp³-hybridized carbons (Fsp3) is 0.333. The van der Waals surface area contributed by atoms with Gasteiger partial charge < -0.3 is 9.64 Å². The van der Waals surface area contributed by atoms with Gasteiger partial charge in [-0.3, -0.25) is 4.79 Å². The average molecular weight is 279 g/mol. The fourth-order valence-corrected chi connectivity index (χ4v) is 1.48. The zero-order valence-corrected chi connectivity index (χ0v) is 11.6. The summed E-state index contributed by atoms with van der Waals surface area (Å²) in [7, 11) is 1.53. The zero-order valence-electron chi connectivity index (χ0n) is 11.6. The molecule has 0 aliphatic rings. The third-order valence-corrected chi connectivity index (χ3v) is 2.62. The molecule has 1 rings (SSSR count). The highest BCUT2D eigenvalue weighted by Gasteiger charge is 2.13. The Balaban J connectivity index is 2.46. The van der Waals surface area contributed by atoms with Gasteiger partial charge in [-0.05, 0) is 12.5 Å². The van der Waals surface area contributed by atoms with Gasteiger partial charge in [0.05, 0.1) is 0 Å². The van der Waals surface area contributed by atoms with Crippen LogP contribution in [-0.2, 0) is 20.9 Å². The maximum atomic E-state index is 13.4. The van der Waals surface area contributed by atoms with Crippen molar-refractivity contribution in [2.45, 2.75) is 19.9 Å². The Labute approximate surface area is 117 Å². The first kappa shape index (κ1) is 15.9. The van der Waals surface area contributed by atoms with E-state index >= 15 is 0 Å². The molecule has 0 fully saturated rings. The van der Waals surface area contributed by atoms with Crippen LogP contribution in [0.5, 0.6) is 0 Å². The van der Waals surface area contributed by atoms with Gasteiger partial charge in [0.2, 0.25) is 0 Å². The number of esters is 1. The zero-order chi connectivity index (χ0) is 15.0. The number of halogens is 1. The molecule has 0 atom stereocenters. The molecular formula is C15H18FNO3. The summed E-state index contributed by atoms with van der Waals surface area (Å²) in [5.41, 5.74) is 0.417. The second kappa shape index (κ2) is 8.09. The van der Waals surface area contributed by atoms with Gasteiger partial charge in [0.1, 0.15) is 5.82 Å². The van der Waals surface area contributed by atoms with Crippen LogP contribution in [0.4, 0.5) is 4.39 Å². The average Bonchev–Trinajstić information content (AvgIpc) is 2.44. The number of hydrogen-bond acceptors (Lipinski definition) is 3. The number of allylic oxidation sites excluding steroid dienone is 1. The summed E-state index contributed by atoms with van der Waals surface area (Å²) in [5.74, 6) is -1.30. The Bertz CT molecular complexity index is 500. The van der Waals surface area contributed by atoms with Gasteiger partial charge in [0.25, 0.3) is 5.91 Å². The Morgan fingerprint density at radius 2 is 2.05 bits per heavy atom. The Morgan fingerprint density at radius 3 is 2.70 bits per heavy atom. The number of nitrogens with zero attached hydrogens (tertiary/aromatic N) is 1. The molecule has 1 aromatic carbocycles. The number of hydrogen-bond donors (Lipinski definition) is 0. The van der Waals surface area contributed by atoms with Crippen molar-refractivity contribution in [3.05, 3.63) is 47.8 Å². The molecule has 0 saturated heterocycles. The van der Waals surface area contributed by atoms with Crippen molar-refractivity contribution in [2.24, 2.45) is 0 Å². The molecule has 20 heavy (non-hydrogen) atoms. The smallest absolute Gasteiger partial charge is 0.330 e. The van der Waals surface area contributed by atoms with E-state index in [1.54, 1.807) is 24.3 Å². The van der Waals surface area contributed by atoms with E-state index in [9.17, 15) is 14.0 Å². The fourth-order valence-electron chi connectivity index (χ4n) is 1.48. The van der Waals surface area contributed by atoms with Gasteiger partial charge in [-0.15, -0.1) is 0 Å². The highest BCUT2D eigenvalue weighted by atomic mass is 19.1. The molecule has 0 spiro atoms. The van der Waals surface area contributed by atoms with Crippen molar-refractivity contribution in [1.29, 1.82) is 0 Å². The summed E-state index contributed by atoms with van der Waals surface area (Å²) < 4.78 is 18.2. The van der Waals surface area contributed by atoms with Crippen LogP contribution < -0.4 is 0 Å². The van der Waals surface area contributed by atoms with E-state index in [4.69, 9.17) is 4.74 Å². The van der Waals surface area contributed by atoms with Crippen molar-refractivity contribution >= 4 is 11.9 Å². The Hall–Kier alpha value is -2.17. The van der Waals surface area contributed by atoms with E-state index in [-0.39, 0.29) is 24.9 Å². The van der Waals surface area contributed by atoms with Gasteiger partial charge in [-0.25, -0.2) is 9.18 Å². The Kier molecular flexibility index (Phi) is 6.43. The molecule has 0 radical (unpaired) electrons. The largest absolute Gasteiger partial charge is 0.452 e. The van der Waals surface area contributed by atoms with Crippen LogP contribution in [-0.4, -0.2) is 30.4 Å². The Morgan fingerprint density at radius 1 is 1.35 bits per heavy atom. The normalized spacial score (nSPS) is 10.6. The van der Waals surface area contributed by atoms with E-state index in [1.165, 1.54) is 24.1 Å². The molecule has 0 unspecified atom stereocenters. The van der Waals surface area contributed by atoms with E-state index in [1.807, 2.05) is 6.92 Å². The van der Waals surface area contributed by atoms with Crippen molar-refractivity contribution in [1.82, 2.24) is 4.90 Å². The third kappa shape index (κ3) is 5.22. The lowest BCUT2D eigenvalue weighted by atomic mass is 10.2. The van der Waals surface area contributed by atoms with Crippen LogP contribution in [0.2, 0.25) is 0 Å². The summed E-state index contributed by atoms with van der Waals surface area (Å²) in [5, 5.41) is 0. The van der Waals surface area contributed by atoms with Gasteiger partial charge in [0.15, 0.2) is 6.61 Å². The number of ether oxygens (including phenoxy) is 1. The molecule has 0 aliphatic heterocycles. The molecule has 108 valence electrons. The summed E-state index contributed by atoms with van der Waals surface area (Å²) >= 11 is 0. The molecule has 0 saturated carbocycles. The van der Waals surface area contributed by atoms with E-state index < -0.39 is 5.97 Å². The van der Waals surface area contributed by atoms with Gasteiger partial charge in [0, 0.05) is 25.2 Å². The van der Waals surface area contributed by atoms with Crippen LogP contribution in [0.1, 0.15) is 18.9 Å². The lowest BCUT2D eigenvalue weighted by Gasteiger charge is -2.17. The van der Waals surface area contributed by atoms with Crippen LogP contribution in [0.3, 0.4) is 0 Å². The van der Waals surface area contributed by atoms with Crippen molar-refractivity contribution in [3.8, 4) is 0 Å². The van der Waals surface area contributed by atoms with Crippen molar-refractivity contribution in [2.75, 3.05) is 13.7 Å². The summed E-state index contributed by atoms with van der Waals surface area (Å²) in [6, 6.07) is 6.23. The second-order valence-electron chi connectivity index (χ2n) is 4.26. The molecule has 0 aliphatic carbocycles. The summed E-state index contributed by atoms with van der Waals surface area (Å²) in [4.78, 5) is 24.3. The quantitative estimate of drug-likeness (QED) is 0.593. The number of rotatable bonds is 6. The van der Waals surface area contributed by atoms with Crippen LogP contribution in [0, 0.1) is 5.82 Å². The predicted molar refractivity (Wildman–Crippen MR) is 73.3 cm³/mol. The lowest BCUT2D eigenvalue weighted by molar-refractivity contribution is -0.147.